The van der Waals surface area contributed by atoms with Crippen LogP contribution >= 0.6 is 0 Å². The van der Waals surface area contributed by atoms with E-state index in [9.17, 15) is 18.8 Å². The molecule has 0 aliphatic carbocycles. The fourth-order valence-electron chi connectivity index (χ4n) is 3.66. The monoisotopic (exact) mass is 424 g/mol. The summed E-state index contributed by atoms with van der Waals surface area (Å²) in [5.41, 5.74) is 0.758. The molecule has 3 aromatic heterocycles. The number of benzene rings is 1. The van der Waals surface area contributed by atoms with Crippen molar-refractivity contribution in [2.45, 2.75) is 33.9 Å². The molecule has 0 radical (unpaired) electrons. The van der Waals surface area contributed by atoms with Crippen molar-refractivity contribution in [3.63, 3.8) is 0 Å². The average molecular weight is 424 g/mol. The largest absolute Gasteiger partial charge is 0.332 e. The molecule has 9 nitrogen and oxygen atoms in total. The summed E-state index contributed by atoms with van der Waals surface area (Å²) in [5, 5.41) is 4.44. The van der Waals surface area contributed by atoms with E-state index in [-0.39, 0.29) is 36.0 Å². The molecule has 0 aliphatic rings. The van der Waals surface area contributed by atoms with Crippen LogP contribution in [0, 0.1) is 19.7 Å². The molecule has 0 bridgehead atoms. The van der Waals surface area contributed by atoms with Crippen molar-refractivity contribution in [2.24, 2.45) is 7.05 Å². The van der Waals surface area contributed by atoms with E-state index >= 15 is 0 Å². The molecule has 0 spiro atoms. The highest BCUT2D eigenvalue weighted by molar-refractivity contribution is 5.76. The normalized spacial score (nSPS) is 11.4. The lowest BCUT2D eigenvalue weighted by atomic mass is 10.2. The average Bonchev–Trinajstić information content (AvgIpc) is 3.24. The zero-order chi connectivity index (χ0) is 22.4. The van der Waals surface area contributed by atoms with Crippen molar-refractivity contribution in [2.75, 3.05) is 0 Å². The molecule has 3 heterocycles. The van der Waals surface area contributed by atoms with Crippen LogP contribution in [0.15, 0.2) is 39.9 Å². The number of fused-ring (bicyclic) bond motifs is 1. The van der Waals surface area contributed by atoms with Crippen LogP contribution in [0.2, 0.25) is 0 Å². The molecule has 0 saturated carbocycles. The number of hydrogen-bond donors (Lipinski definition) is 0. The Hall–Kier alpha value is -3.82. The molecule has 1 aromatic carbocycles. The standard InChI is InChI=1S/C21H21FN6O3/c1-12-9-13(2)28(24-12)20-23-18-17(26(20)11-15-7-5-6-8-16(15)22)19(30)27(10-14(3)29)21(31)25(18)4/h5-9H,10-11H2,1-4H3. The number of Topliss-reactive ketones (excluding diaryl/α,β-unsaturated/α-hetero) is 1. The molecule has 0 aliphatic heterocycles. The van der Waals surface area contributed by atoms with Gasteiger partial charge in [-0.15, -0.1) is 0 Å². The Bertz CT molecular complexity index is 1460. The highest BCUT2D eigenvalue weighted by Crippen LogP contribution is 2.20. The van der Waals surface area contributed by atoms with E-state index in [1.807, 2.05) is 19.9 Å². The molecular weight excluding hydrogens is 403 g/mol. The zero-order valence-corrected chi connectivity index (χ0v) is 17.6. The third kappa shape index (κ3) is 3.39. The van der Waals surface area contributed by atoms with E-state index < -0.39 is 17.1 Å². The molecule has 0 amide bonds. The number of aromatic nitrogens is 6. The number of nitrogens with zero attached hydrogens (tertiary/aromatic N) is 6. The van der Waals surface area contributed by atoms with Crippen molar-refractivity contribution < 1.29 is 9.18 Å². The first-order valence-electron chi connectivity index (χ1n) is 9.65. The lowest BCUT2D eigenvalue weighted by molar-refractivity contribution is -0.117. The molecule has 160 valence electrons. The minimum absolute atomic E-state index is 0.00955. The smallest absolute Gasteiger partial charge is 0.298 e. The number of carbonyl (C=O) groups is 1. The summed E-state index contributed by atoms with van der Waals surface area (Å²) < 4.78 is 19.6. The second-order valence-electron chi connectivity index (χ2n) is 7.54. The third-order valence-electron chi connectivity index (χ3n) is 5.08. The second-order valence-corrected chi connectivity index (χ2v) is 7.54. The number of rotatable bonds is 5. The lowest BCUT2D eigenvalue weighted by Gasteiger charge is -2.12. The van der Waals surface area contributed by atoms with E-state index in [1.54, 1.807) is 22.9 Å². The van der Waals surface area contributed by atoms with E-state index in [1.165, 1.54) is 29.2 Å². The van der Waals surface area contributed by atoms with Crippen LogP contribution < -0.4 is 11.2 Å². The number of hydrogen-bond acceptors (Lipinski definition) is 5. The third-order valence-corrected chi connectivity index (χ3v) is 5.08. The summed E-state index contributed by atoms with van der Waals surface area (Å²) in [4.78, 5) is 42.2. The van der Waals surface area contributed by atoms with Gasteiger partial charge in [-0.3, -0.25) is 23.3 Å². The SMILES string of the molecule is CC(=O)Cn1c(=O)c2c(nc(-n3nc(C)cc3C)n2Cc2ccccc2F)n(C)c1=O. The van der Waals surface area contributed by atoms with Crippen molar-refractivity contribution in [3.8, 4) is 5.95 Å². The molecule has 10 heteroatoms. The maximum absolute atomic E-state index is 14.5. The molecule has 0 N–H and O–H groups in total. The summed E-state index contributed by atoms with van der Waals surface area (Å²) >= 11 is 0. The van der Waals surface area contributed by atoms with Crippen LogP contribution in [0.1, 0.15) is 23.9 Å². The van der Waals surface area contributed by atoms with Crippen molar-refractivity contribution in [1.82, 2.24) is 28.5 Å². The first-order valence-corrected chi connectivity index (χ1v) is 9.65. The number of aryl methyl sites for hydroxylation is 3. The predicted octanol–water partition coefficient (Wildman–Crippen LogP) is 1.48. The first-order chi connectivity index (χ1) is 14.7. The summed E-state index contributed by atoms with van der Waals surface area (Å²) in [6.45, 7) is 4.59. The molecule has 4 aromatic rings. The Morgan fingerprint density at radius 1 is 1.13 bits per heavy atom. The Labute approximate surface area is 176 Å². The van der Waals surface area contributed by atoms with E-state index in [0.717, 1.165) is 16.0 Å². The number of halogens is 1. The van der Waals surface area contributed by atoms with Gasteiger partial charge in [-0.1, -0.05) is 18.2 Å². The summed E-state index contributed by atoms with van der Waals surface area (Å²) in [6.07, 6.45) is 0. The van der Waals surface area contributed by atoms with E-state index in [0.29, 0.717) is 5.56 Å². The highest BCUT2D eigenvalue weighted by Gasteiger charge is 2.23. The predicted molar refractivity (Wildman–Crippen MR) is 112 cm³/mol. The second kappa shape index (κ2) is 7.46. The summed E-state index contributed by atoms with van der Waals surface area (Å²) in [6, 6.07) is 8.07. The van der Waals surface area contributed by atoms with Gasteiger partial charge in [0.25, 0.3) is 5.56 Å². The molecule has 31 heavy (non-hydrogen) atoms. The Balaban J connectivity index is 2.11. The van der Waals surface area contributed by atoms with Gasteiger partial charge in [0.1, 0.15) is 11.6 Å². The van der Waals surface area contributed by atoms with Crippen LogP contribution in [0.3, 0.4) is 0 Å². The fraction of sp³-hybridized carbons (Fsp3) is 0.286. The van der Waals surface area contributed by atoms with Crippen LogP contribution in [-0.4, -0.2) is 34.2 Å². The maximum Gasteiger partial charge on any atom is 0.332 e. The van der Waals surface area contributed by atoms with E-state index in [2.05, 4.69) is 10.1 Å². The fourth-order valence-corrected chi connectivity index (χ4v) is 3.66. The Kier molecular flexibility index (Phi) is 4.92. The maximum atomic E-state index is 14.5. The highest BCUT2D eigenvalue weighted by atomic mass is 19.1. The van der Waals surface area contributed by atoms with Gasteiger partial charge in [0, 0.05) is 18.3 Å². The molecular formula is C21H21FN6O3. The van der Waals surface area contributed by atoms with Gasteiger partial charge in [0.15, 0.2) is 11.2 Å². The van der Waals surface area contributed by atoms with Gasteiger partial charge in [-0.2, -0.15) is 10.1 Å². The quantitative estimate of drug-likeness (QED) is 0.483. The zero-order valence-electron chi connectivity index (χ0n) is 17.6. The van der Waals surface area contributed by atoms with Crippen LogP contribution in [0.5, 0.6) is 0 Å². The first kappa shape index (κ1) is 20.5. The Morgan fingerprint density at radius 3 is 2.45 bits per heavy atom. The number of ketones is 1. The van der Waals surface area contributed by atoms with Gasteiger partial charge < -0.3 is 0 Å². The number of carbonyl (C=O) groups excluding carboxylic acids is 1. The summed E-state index contributed by atoms with van der Waals surface area (Å²) in [5.74, 6) is -0.494. The molecule has 4 rings (SSSR count). The number of imidazole rings is 1. The minimum Gasteiger partial charge on any atom is -0.298 e. The van der Waals surface area contributed by atoms with Crippen LogP contribution in [-0.2, 0) is 24.9 Å². The van der Waals surface area contributed by atoms with Gasteiger partial charge in [-0.25, -0.2) is 13.9 Å². The van der Waals surface area contributed by atoms with E-state index in [4.69, 9.17) is 0 Å². The van der Waals surface area contributed by atoms with Crippen LogP contribution in [0.4, 0.5) is 4.39 Å². The Morgan fingerprint density at radius 2 is 1.84 bits per heavy atom. The van der Waals surface area contributed by atoms with Gasteiger partial charge in [0.05, 0.1) is 18.8 Å². The van der Waals surface area contributed by atoms with Crippen molar-refractivity contribution in [3.05, 3.63) is 73.9 Å². The summed E-state index contributed by atoms with van der Waals surface area (Å²) in [7, 11) is 1.48. The van der Waals surface area contributed by atoms with Crippen molar-refractivity contribution in [1.29, 1.82) is 0 Å². The topological polar surface area (TPSA) is 96.7 Å². The van der Waals surface area contributed by atoms with Gasteiger partial charge in [0.2, 0.25) is 5.95 Å². The molecule has 0 unspecified atom stereocenters. The molecule has 0 fully saturated rings. The van der Waals surface area contributed by atoms with Gasteiger partial charge >= 0.3 is 5.69 Å². The molecule has 0 atom stereocenters. The van der Waals surface area contributed by atoms with Crippen LogP contribution in [0.25, 0.3) is 17.1 Å². The molecule has 0 saturated heterocycles. The van der Waals surface area contributed by atoms with Gasteiger partial charge in [-0.05, 0) is 32.9 Å². The van der Waals surface area contributed by atoms with Crippen molar-refractivity contribution >= 4 is 16.9 Å². The lowest BCUT2D eigenvalue weighted by Crippen LogP contribution is -2.41. The minimum atomic E-state index is -0.662.